The van der Waals surface area contributed by atoms with Crippen LogP contribution >= 0.6 is 0 Å². The van der Waals surface area contributed by atoms with Crippen molar-refractivity contribution in [2.75, 3.05) is 30.3 Å². The Bertz CT molecular complexity index is 1290. The van der Waals surface area contributed by atoms with E-state index in [-0.39, 0.29) is 30.8 Å². The minimum atomic E-state index is -3.61. The van der Waals surface area contributed by atoms with Gasteiger partial charge >= 0.3 is 0 Å². The molecule has 1 aliphatic heterocycles. The first kappa shape index (κ1) is 29.7. The van der Waals surface area contributed by atoms with Crippen LogP contribution in [0.1, 0.15) is 63.0 Å². The van der Waals surface area contributed by atoms with E-state index in [1.807, 2.05) is 31.2 Å². The van der Waals surface area contributed by atoms with Gasteiger partial charge in [-0.25, -0.2) is 8.42 Å². The van der Waals surface area contributed by atoms with Gasteiger partial charge in [0.2, 0.25) is 21.8 Å². The Kier molecular flexibility index (Phi) is 9.95. The highest BCUT2D eigenvalue weighted by Gasteiger charge is 2.28. The van der Waals surface area contributed by atoms with E-state index >= 15 is 0 Å². The number of hydrogen-bond donors (Lipinski definition) is 1. The molecule has 2 aliphatic rings. The Balaban J connectivity index is 1.45. The molecule has 0 aromatic heterocycles. The molecule has 1 aliphatic carbocycles. The SMILES string of the molecule is Cc1cccc(CN(C(=O)CCCN(c2ccc3c(c2)OCCO3)S(C)(=O)=O)[C@H](C)C(=O)NC2CCCCC2)c1. The number of benzene rings is 2. The monoisotopic (exact) mass is 571 g/mol. The van der Waals surface area contributed by atoms with E-state index in [4.69, 9.17) is 9.47 Å². The van der Waals surface area contributed by atoms with Gasteiger partial charge in [0, 0.05) is 31.6 Å². The highest BCUT2D eigenvalue weighted by Crippen LogP contribution is 2.34. The van der Waals surface area contributed by atoms with Crippen LogP contribution in [0.4, 0.5) is 5.69 Å². The summed E-state index contributed by atoms with van der Waals surface area (Å²) < 4.78 is 37.8. The molecule has 0 spiro atoms. The van der Waals surface area contributed by atoms with E-state index in [0.29, 0.717) is 43.4 Å². The van der Waals surface area contributed by atoms with Gasteiger partial charge in [-0.1, -0.05) is 49.1 Å². The third-order valence-corrected chi connectivity index (χ3v) is 8.71. The van der Waals surface area contributed by atoms with E-state index in [9.17, 15) is 18.0 Å². The zero-order valence-corrected chi connectivity index (χ0v) is 24.5. The van der Waals surface area contributed by atoms with Crippen molar-refractivity contribution >= 4 is 27.5 Å². The number of anilines is 1. The zero-order valence-electron chi connectivity index (χ0n) is 23.7. The Morgan fingerprint density at radius 1 is 1.02 bits per heavy atom. The van der Waals surface area contributed by atoms with Crippen molar-refractivity contribution in [2.45, 2.75) is 77.4 Å². The Morgan fingerprint density at radius 2 is 1.75 bits per heavy atom. The van der Waals surface area contributed by atoms with Gasteiger partial charge in [0.25, 0.3) is 0 Å². The number of ether oxygens (including phenoxy) is 2. The lowest BCUT2D eigenvalue weighted by atomic mass is 9.95. The molecule has 1 heterocycles. The molecule has 2 aromatic carbocycles. The Morgan fingerprint density at radius 3 is 2.45 bits per heavy atom. The van der Waals surface area contributed by atoms with Crippen molar-refractivity contribution < 1.29 is 27.5 Å². The number of fused-ring (bicyclic) bond motifs is 1. The smallest absolute Gasteiger partial charge is 0.242 e. The maximum absolute atomic E-state index is 13.6. The summed E-state index contributed by atoms with van der Waals surface area (Å²) in [5, 5.41) is 3.15. The first-order valence-electron chi connectivity index (χ1n) is 14.1. The largest absolute Gasteiger partial charge is 0.486 e. The van der Waals surface area contributed by atoms with Gasteiger partial charge in [-0.3, -0.25) is 13.9 Å². The molecular formula is C30H41N3O6S. The van der Waals surface area contributed by atoms with Crippen molar-refractivity contribution in [3.8, 4) is 11.5 Å². The maximum atomic E-state index is 13.6. The van der Waals surface area contributed by atoms with Crippen LogP contribution in [0.15, 0.2) is 42.5 Å². The molecule has 0 bridgehead atoms. The maximum Gasteiger partial charge on any atom is 0.242 e. The third-order valence-electron chi connectivity index (χ3n) is 7.52. The summed E-state index contributed by atoms with van der Waals surface area (Å²) in [6.07, 6.45) is 6.86. The molecular weight excluding hydrogens is 530 g/mol. The molecule has 0 unspecified atom stereocenters. The summed E-state index contributed by atoms with van der Waals surface area (Å²) >= 11 is 0. The highest BCUT2D eigenvalue weighted by molar-refractivity contribution is 7.92. The number of aryl methyl sites for hydroxylation is 1. The van der Waals surface area contributed by atoms with E-state index in [1.54, 1.807) is 30.0 Å². The van der Waals surface area contributed by atoms with Crippen LogP contribution in [0.25, 0.3) is 0 Å². The number of nitrogens with one attached hydrogen (secondary N) is 1. The number of nitrogens with zero attached hydrogens (tertiary/aromatic N) is 2. The summed E-state index contributed by atoms with van der Waals surface area (Å²) in [4.78, 5) is 28.4. The summed E-state index contributed by atoms with van der Waals surface area (Å²) in [6, 6.07) is 12.4. The second kappa shape index (κ2) is 13.4. The summed E-state index contributed by atoms with van der Waals surface area (Å²) in [5.74, 6) is 0.729. The van der Waals surface area contributed by atoms with Crippen LogP contribution in [-0.4, -0.2) is 63.2 Å². The number of hydrogen-bond acceptors (Lipinski definition) is 6. The first-order valence-corrected chi connectivity index (χ1v) is 16.0. The van der Waals surface area contributed by atoms with Crippen LogP contribution in [0.5, 0.6) is 11.5 Å². The average Bonchev–Trinajstić information content (AvgIpc) is 2.93. The van der Waals surface area contributed by atoms with Gasteiger partial charge in [-0.15, -0.1) is 0 Å². The fourth-order valence-corrected chi connectivity index (χ4v) is 6.31. The normalized spacial score (nSPS) is 16.2. The Hall–Kier alpha value is -3.27. The molecule has 4 rings (SSSR count). The molecule has 1 saturated carbocycles. The molecule has 1 atom stereocenters. The lowest BCUT2D eigenvalue weighted by Crippen LogP contribution is -2.50. The van der Waals surface area contributed by atoms with Crippen molar-refractivity contribution in [2.24, 2.45) is 0 Å². The quantitative estimate of drug-likeness (QED) is 0.434. The standard InChI is InChI=1S/C30H41N3O6S/c1-22-9-7-10-24(19-22)21-32(23(2)30(35)31-25-11-5-4-6-12-25)29(34)13-8-16-33(40(3,36)37)26-14-15-27-28(20-26)39-18-17-38-27/h7,9-10,14-15,19-20,23,25H,4-6,8,11-13,16-18,21H2,1-3H3,(H,31,35)/t23-/m1/s1. The zero-order chi connectivity index (χ0) is 28.7. The van der Waals surface area contributed by atoms with Gasteiger partial charge in [-0.2, -0.15) is 0 Å². The number of carbonyl (C=O) groups is 2. The molecule has 40 heavy (non-hydrogen) atoms. The minimum Gasteiger partial charge on any atom is -0.486 e. The number of carbonyl (C=O) groups excluding carboxylic acids is 2. The van der Waals surface area contributed by atoms with Gasteiger partial charge in [0.15, 0.2) is 11.5 Å². The van der Waals surface area contributed by atoms with E-state index in [1.165, 1.54) is 10.7 Å². The molecule has 10 heteroatoms. The average molecular weight is 572 g/mol. The van der Waals surface area contributed by atoms with Crippen molar-refractivity contribution in [1.82, 2.24) is 10.2 Å². The second-order valence-electron chi connectivity index (χ2n) is 10.8. The molecule has 2 amide bonds. The topological polar surface area (TPSA) is 105 Å². The van der Waals surface area contributed by atoms with Crippen LogP contribution < -0.4 is 19.1 Å². The van der Waals surface area contributed by atoms with Crippen LogP contribution in [-0.2, 0) is 26.2 Å². The summed E-state index contributed by atoms with van der Waals surface area (Å²) in [5.41, 5.74) is 2.48. The van der Waals surface area contributed by atoms with Crippen molar-refractivity contribution in [3.63, 3.8) is 0 Å². The highest BCUT2D eigenvalue weighted by atomic mass is 32.2. The fourth-order valence-electron chi connectivity index (χ4n) is 5.35. The lowest BCUT2D eigenvalue weighted by molar-refractivity contribution is -0.141. The van der Waals surface area contributed by atoms with Crippen molar-refractivity contribution in [3.05, 3.63) is 53.6 Å². The second-order valence-corrected chi connectivity index (χ2v) is 12.7. The van der Waals surface area contributed by atoms with E-state index in [2.05, 4.69) is 5.32 Å². The molecule has 1 N–H and O–H groups in total. The van der Waals surface area contributed by atoms with Crippen LogP contribution in [0.3, 0.4) is 0 Å². The number of rotatable bonds is 11. The molecule has 0 radical (unpaired) electrons. The lowest BCUT2D eigenvalue weighted by Gasteiger charge is -2.31. The third kappa shape index (κ3) is 7.90. The summed E-state index contributed by atoms with van der Waals surface area (Å²) in [7, 11) is -3.61. The molecule has 0 saturated heterocycles. The van der Waals surface area contributed by atoms with E-state index < -0.39 is 16.1 Å². The summed E-state index contributed by atoms with van der Waals surface area (Å²) in [6.45, 7) is 5.02. The van der Waals surface area contributed by atoms with Gasteiger partial charge in [0.1, 0.15) is 19.3 Å². The fraction of sp³-hybridized carbons (Fsp3) is 0.533. The number of amides is 2. The predicted molar refractivity (Wildman–Crippen MR) is 155 cm³/mol. The first-order chi connectivity index (χ1) is 19.1. The minimum absolute atomic E-state index is 0.101. The van der Waals surface area contributed by atoms with Gasteiger partial charge in [-0.05, 0) is 50.8 Å². The van der Waals surface area contributed by atoms with Crippen molar-refractivity contribution in [1.29, 1.82) is 0 Å². The van der Waals surface area contributed by atoms with Gasteiger partial charge < -0.3 is 19.7 Å². The molecule has 218 valence electrons. The molecule has 2 aromatic rings. The predicted octanol–water partition coefficient (Wildman–Crippen LogP) is 4.18. The van der Waals surface area contributed by atoms with E-state index in [0.717, 1.165) is 43.1 Å². The molecule has 9 nitrogen and oxygen atoms in total. The van der Waals surface area contributed by atoms with Crippen LogP contribution in [0.2, 0.25) is 0 Å². The number of sulfonamides is 1. The molecule has 1 fully saturated rings. The Labute approximate surface area is 237 Å². The van der Waals surface area contributed by atoms with Crippen LogP contribution in [0, 0.1) is 6.92 Å². The van der Waals surface area contributed by atoms with Gasteiger partial charge in [0.05, 0.1) is 11.9 Å².